The summed E-state index contributed by atoms with van der Waals surface area (Å²) in [5.74, 6) is 0. The highest BCUT2D eigenvalue weighted by Gasteiger charge is 2.50. The Morgan fingerprint density at radius 2 is 2.17 bits per heavy atom. The molecular formula is C14H29NO2S. The average molecular weight is 275 g/mol. The van der Waals surface area contributed by atoms with E-state index in [1.54, 1.807) is 6.26 Å². The highest BCUT2D eigenvalue weighted by atomic mass is 32.2. The molecule has 1 N–H and O–H groups in total. The maximum absolute atomic E-state index is 11.3. The summed E-state index contributed by atoms with van der Waals surface area (Å²) in [5.41, 5.74) is 0.268. The quantitative estimate of drug-likeness (QED) is 0.739. The summed E-state index contributed by atoms with van der Waals surface area (Å²) in [6.45, 7) is 10.4. The average Bonchev–Trinajstić information content (AvgIpc) is 2.35. The summed E-state index contributed by atoms with van der Waals surface area (Å²) < 4.78 is 17.1. The predicted octanol–water partition coefficient (Wildman–Crippen LogP) is 2.33. The molecule has 0 spiro atoms. The van der Waals surface area contributed by atoms with Crippen molar-refractivity contribution in [3.8, 4) is 0 Å². The highest BCUT2D eigenvalue weighted by molar-refractivity contribution is 7.84. The lowest BCUT2D eigenvalue weighted by Crippen LogP contribution is -2.62. The Morgan fingerprint density at radius 3 is 2.67 bits per heavy atom. The van der Waals surface area contributed by atoms with Crippen LogP contribution >= 0.6 is 0 Å². The first-order valence-corrected chi connectivity index (χ1v) is 8.75. The van der Waals surface area contributed by atoms with Crippen LogP contribution in [0.15, 0.2) is 0 Å². The molecule has 108 valence electrons. The van der Waals surface area contributed by atoms with Crippen LogP contribution in [-0.4, -0.2) is 41.0 Å². The molecule has 5 atom stereocenters. The van der Waals surface area contributed by atoms with Crippen LogP contribution < -0.4 is 5.32 Å². The van der Waals surface area contributed by atoms with Crippen molar-refractivity contribution in [2.24, 2.45) is 5.41 Å². The third-order valence-electron chi connectivity index (χ3n) is 4.62. The first kappa shape index (κ1) is 16.1. The van der Waals surface area contributed by atoms with Crippen LogP contribution in [0, 0.1) is 5.41 Å². The van der Waals surface area contributed by atoms with Crippen molar-refractivity contribution in [2.45, 2.75) is 64.4 Å². The van der Waals surface area contributed by atoms with Gasteiger partial charge in [-0.2, -0.15) is 0 Å². The van der Waals surface area contributed by atoms with Gasteiger partial charge in [0, 0.05) is 40.4 Å². The summed E-state index contributed by atoms with van der Waals surface area (Å²) in [6, 6.07) is 0.552. The molecule has 1 aliphatic rings. The molecule has 0 amide bonds. The number of rotatable bonds is 8. The van der Waals surface area contributed by atoms with Gasteiger partial charge in [-0.05, 0) is 32.7 Å². The van der Waals surface area contributed by atoms with E-state index in [0.29, 0.717) is 12.1 Å². The van der Waals surface area contributed by atoms with Crippen molar-refractivity contribution in [3.63, 3.8) is 0 Å². The van der Waals surface area contributed by atoms with E-state index in [1.807, 2.05) is 0 Å². The Labute approximate surface area is 115 Å². The normalized spacial score (nSPS) is 34.9. The predicted molar refractivity (Wildman–Crippen MR) is 78.4 cm³/mol. The molecule has 1 aliphatic carbocycles. The van der Waals surface area contributed by atoms with Crippen molar-refractivity contribution in [2.75, 3.05) is 19.4 Å². The summed E-state index contributed by atoms with van der Waals surface area (Å²) >= 11 is 0. The second-order valence-corrected chi connectivity index (χ2v) is 7.45. The summed E-state index contributed by atoms with van der Waals surface area (Å²) in [4.78, 5) is 0. The number of hydrogen-bond donors (Lipinski definition) is 1. The Morgan fingerprint density at radius 1 is 1.50 bits per heavy atom. The van der Waals surface area contributed by atoms with Gasteiger partial charge in [-0.15, -0.1) is 0 Å². The third kappa shape index (κ3) is 3.55. The van der Waals surface area contributed by atoms with Crippen molar-refractivity contribution in [3.05, 3.63) is 0 Å². The molecule has 0 aromatic rings. The van der Waals surface area contributed by atoms with Crippen molar-refractivity contribution in [1.29, 1.82) is 0 Å². The largest absolute Gasteiger partial charge is 0.378 e. The number of ether oxygens (including phenoxy) is 1. The molecule has 0 heterocycles. The second-order valence-electron chi connectivity index (χ2n) is 5.64. The molecular weight excluding hydrogens is 246 g/mol. The van der Waals surface area contributed by atoms with Gasteiger partial charge in [-0.1, -0.05) is 20.8 Å². The number of nitrogens with one attached hydrogen (secondary N) is 1. The van der Waals surface area contributed by atoms with Gasteiger partial charge in [0.25, 0.3) is 0 Å². The molecule has 0 radical (unpaired) electrons. The molecule has 0 bridgehead atoms. The summed E-state index contributed by atoms with van der Waals surface area (Å²) in [7, 11) is -0.705. The van der Waals surface area contributed by atoms with Crippen molar-refractivity contribution < 1.29 is 8.95 Å². The Balaban J connectivity index is 2.34. The van der Waals surface area contributed by atoms with Gasteiger partial charge >= 0.3 is 0 Å². The monoisotopic (exact) mass is 275 g/mol. The SMILES string of the molecule is CCOC1CC(NCCC(C)S(C)=O)C1(C)CC. The van der Waals surface area contributed by atoms with E-state index >= 15 is 0 Å². The van der Waals surface area contributed by atoms with Crippen LogP contribution in [0.25, 0.3) is 0 Å². The van der Waals surface area contributed by atoms with Crippen LogP contribution in [0.2, 0.25) is 0 Å². The van der Waals surface area contributed by atoms with E-state index in [0.717, 1.165) is 32.4 Å². The fourth-order valence-electron chi connectivity index (χ4n) is 2.69. The van der Waals surface area contributed by atoms with Crippen LogP contribution in [0.4, 0.5) is 0 Å². The minimum absolute atomic E-state index is 0.268. The maximum atomic E-state index is 11.3. The van der Waals surface area contributed by atoms with E-state index in [1.165, 1.54) is 0 Å². The lowest BCUT2D eigenvalue weighted by Gasteiger charge is -2.54. The van der Waals surface area contributed by atoms with E-state index in [2.05, 4.69) is 33.0 Å². The number of hydrogen-bond acceptors (Lipinski definition) is 3. The molecule has 0 saturated heterocycles. The molecule has 18 heavy (non-hydrogen) atoms. The van der Waals surface area contributed by atoms with E-state index < -0.39 is 10.8 Å². The first-order valence-electron chi connectivity index (χ1n) is 7.12. The standard InChI is InChI=1S/C14H29NO2S/c1-6-14(4)12(10-13(14)17-7-2)15-9-8-11(3)18(5)16/h11-13,15H,6-10H2,1-5H3. The Kier molecular flexibility index (Phi) is 6.28. The van der Waals surface area contributed by atoms with Crippen molar-refractivity contribution in [1.82, 2.24) is 5.32 Å². The first-order chi connectivity index (χ1) is 8.45. The second kappa shape index (κ2) is 7.01. The van der Waals surface area contributed by atoms with Crippen LogP contribution in [-0.2, 0) is 15.5 Å². The van der Waals surface area contributed by atoms with E-state index in [9.17, 15) is 4.21 Å². The maximum Gasteiger partial charge on any atom is 0.0658 e. The zero-order valence-electron chi connectivity index (χ0n) is 12.5. The third-order valence-corrected chi connectivity index (χ3v) is 5.99. The van der Waals surface area contributed by atoms with Crippen LogP contribution in [0.3, 0.4) is 0 Å². The summed E-state index contributed by atoms with van der Waals surface area (Å²) in [6.07, 6.45) is 5.43. The zero-order chi connectivity index (χ0) is 13.8. The van der Waals surface area contributed by atoms with Crippen LogP contribution in [0.5, 0.6) is 0 Å². The Hall–Kier alpha value is 0.0700. The van der Waals surface area contributed by atoms with E-state index in [-0.39, 0.29) is 10.7 Å². The molecule has 1 saturated carbocycles. The minimum atomic E-state index is -0.705. The fourth-order valence-corrected chi connectivity index (χ4v) is 3.14. The zero-order valence-corrected chi connectivity index (χ0v) is 13.3. The molecule has 4 heteroatoms. The topological polar surface area (TPSA) is 38.3 Å². The van der Waals surface area contributed by atoms with Gasteiger partial charge in [-0.3, -0.25) is 4.21 Å². The molecule has 3 nitrogen and oxygen atoms in total. The lowest BCUT2D eigenvalue weighted by molar-refractivity contribution is -0.125. The van der Waals surface area contributed by atoms with Gasteiger partial charge in [0.05, 0.1) is 6.10 Å². The van der Waals surface area contributed by atoms with Gasteiger partial charge in [0.1, 0.15) is 0 Å². The van der Waals surface area contributed by atoms with Gasteiger partial charge < -0.3 is 10.1 Å². The van der Waals surface area contributed by atoms with Gasteiger partial charge in [-0.25, -0.2) is 0 Å². The Bertz CT molecular complexity index is 285. The van der Waals surface area contributed by atoms with Crippen LogP contribution in [0.1, 0.15) is 47.0 Å². The minimum Gasteiger partial charge on any atom is -0.378 e. The molecule has 0 aliphatic heterocycles. The molecule has 0 aromatic carbocycles. The lowest BCUT2D eigenvalue weighted by atomic mass is 9.61. The molecule has 0 aromatic heterocycles. The fraction of sp³-hybridized carbons (Fsp3) is 1.00. The molecule has 5 unspecified atom stereocenters. The van der Waals surface area contributed by atoms with Gasteiger partial charge in [0.2, 0.25) is 0 Å². The van der Waals surface area contributed by atoms with Gasteiger partial charge in [0.15, 0.2) is 0 Å². The highest BCUT2D eigenvalue weighted by Crippen LogP contribution is 2.45. The van der Waals surface area contributed by atoms with Crippen molar-refractivity contribution >= 4 is 10.8 Å². The molecule has 1 rings (SSSR count). The summed E-state index contributed by atoms with van der Waals surface area (Å²) in [5, 5.41) is 3.91. The smallest absolute Gasteiger partial charge is 0.0658 e. The molecule has 1 fully saturated rings. The van der Waals surface area contributed by atoms with E-state index in [4.69, 9.17) is 4.74 Å².